The molecule has 1 fully saturated rings. The first kappa shape index (κ1) is 20.5. The number of nitrogens with zero attached hydrogens (tertiary/aromatic N) is 4. The van der Waals surface area contributed by atoms with Crippen molar-refractivity contribution in [2.45, 2.75) is 25.7 Å². The molecule has 30 heavy (non-hydrogen) atoms. The number of piperazine rings is 1. The van der Waals surface area contributed by atoms with Gasteiger partial charge in [0.15, 0.2) is 5.82 Å². The van der Waals surface area contributed by atoms with Crippen LogP contribution in [0.2, 0.25) is 0 Å². The average molecular weight is 423 g/mol. The second-order valence-electron chi connectivity index (χ2n) is 7.75. The predicted molar refractivity (Wildman–Crippen MR) is 119 cm³/mol. The van der Waals surface area contributed by atoms with Gasteiger partial charge in [0, 0.05) is 31.7 Å². The first-order valence-electron chi connectivity index (χ1n) is 10.1. The first-order valence-corrected chi connectivity index (χ1v) is 11.5. The lowest BCUT2D eigenvalue weighted by molar-refractivity contribution is 0.383. The van der Waals surface area contributed by atoms with Crippen molar-refractivity contribution >= 4 is 15.8 Å². The summed E-state index contributed by atoms with van der Waals surface area (Å²) in [5, 5.41) is 8.80. The average Bonchev–Trinajstić information content (AvgIpc) is 2.76. The zero-order chi connectivity index (χ0) is 21.3. The quantitative estimate of drug-likeness (QED) is 0.643. The molecule has 1 aromatic heterocycles. The summed E-state index contributed by atoms with van der Waals surface area (Å²) < 4.78 is 27.8. The number of anilines is 1. The summed E-state index contributed by atoms with van der Waals surface area (Å²) in [4.78, 5) is 2.49. The number of aromatic nitrogens is 2. The van der Waals surface area contributed by atoms with Gasteiger partial charge in [-0.3, -0.25) is 0 Å². The van der Waals surface area contributed by atoms with E-state index in [1.165, 1.54) is 0 Å². The second-order valence-corrected chi connectivity index (χ2v) is 9.66. The van der Waals surface area contributed by atoms with Crippen LogP contribution in [0.1, 0.15) is 16.7 Å². The highest BCUT2D eigenvalue weighted by Crippen LogP contribution is 2.25. The summed E-state index contributed by atoms with van der Waals surface area (Å²) in [6.45, 7) is 7.84. The molecule has 0 saturated carbocycles. The standard InChI is InChI=1S/C23H26N4O2S/c1-17-8-9-19(3)22(16-17)30(28,29)27-14-12-26(13-15-27)23-11-10-21(24-25-23)20-7-5-4-6-18(20)2/h4-11,16H,12-15H2,1-3H3. The molecule has 156 valence electrons. The highest BCUT2D eigenvalue weighted by molar-refractivity contribution is 7.89. The highest BCUT2D eigenvalue weighted by atomic mass is 32.2. The lowest BCUT2D eigenvalue weighted by Crippen LogP contribution is -2.49. The van der Waals surface area contributed by atoms with Crippen LogP contribution >= 0.6 is 0 Å². The largest absolute Gasteiger partial charge is 0.352 e. The smallest absolute Gasteiger partial charge is 0.243 e. The Bertz CT molecular complexity index is 1150. The minimum atomic E-state index is -3.50. The molecule has 1 aliphatic heterocycles. The summed E-state index contributed by atoms with van der Waals surface area (Å²) in [6.07, 6.45) is 0. The van der Waals surface area contributed by atoms with Crippen molar-refractivity contribution in [3.05, 3.63) is 71.3 Å². The molecule has 0 unspecified atom stereocenters. The predicted octanol–water partition coefficient (Wildman–Crippen LogP) is 3.58. The summed E-state index contributed by atoms with van der Waals surface area (Å²) in [5.74, 6) is 0.774. The molecule has 1 aliphatic rings. The maximum absolute atomic E-state index is 13.1. The molecule has 0 N–H and O–H groups in total. The van der Waals surface area contributed by atoms with Crippen LogP contribution in [0.5, 0.6) is 0 Å². The number of sulfonamides is 1. The second kappa shape index (κ2) is 8.16. The van der Waals surface area contributed by atoms with Gasteiger partial charge >= 0.3 is 0 Å². The Morgan fingerprint density at radius 1 is 0.800 bits per heavy atom. The minimum Gasteiger partial charge on any atom is -0.352 e. The van der Waals surface area contributed by atoms with E-state index in [1.54, 1.807) is 10.4 Å². The van der Waals surface area contributed by atoms with Gasteiger partial charge in [-0.05, 0) is 55.7 Å². The highest BCUT2D eigenvalue weighted by Gasteiger charge is 2.30. The van der Waals surface area contributed by atoms with Crippen LogP contribution in [0.4, 0.5) is 5.82 Å². The summed E-state index contributed by atoms with van der Waals surface area (Å²) >= 11 is 0. The van der Waals surface area contributed by atoms with Crippen LogP contribution < -0.4 is 4.90 Å². The third-order valence-corrected chi connectivity index (χ3v) is 7.64. The van der Waals surface area contributed by atoms with Crippen LogP contribution in [0.15, 0.2) is 59.5 Å². The normalized spacial score (nSPS) is 15.4. The third-order valence-electron chi connectivity index (χ3n) is 5.60. The first-order chi connectivity index (χ1) is 14.4. The Hall–Kier alpha value is -2.77. The molecule has 7 heteroatoms. The maximum Gasteiger partial charge on any atom is 0.243 e. The zero-order valence-electron chi connectivity index (χ0n) is 17.5. The number of aryl methyl sites for hydroxylation is 3. The van der Waals surface area contributed by atoms with Gasteiger partial charge in [0.05, 0.1) is 10.6 Å². The van der Waals surface area contributed by atoms with E-state index in [1.807, 2.05) is 56.3 Å². The Morgan fingerprint density at radius 2 is 1.53 bits per heavy atom. The topological polar surface area (TPSA) is 66.4 Å². The van der Waals surface area contributed by atoms with Gasteiger partial charge in [-0.25, -0.2) is 8.42 Å². The molecule has 3 aromatic rings. The zero-order valence-corrected chi connectivity index (χ0v) is 18.4. The van der Waals surface area contributed by atoms with E-state index in [0.29, 0.717) is 31.1 Å². The lowest BCUT2D eigenvalue weighted by atomic mass is 10.1. The van der Waals surface area contributed by atoms with E-state index in [4.69, 9.17) is 0 Å². The van der Waals surface area contributed by atoms with Gasteiger partial charge in [-0.15, -0.1) is 10.2 Å². The van der Waals surface area contributed by atoms with Gasteiger partial charge < -0.3 is 4.90 Å². The van der Waals surface area contributed by atoms with E-state index in [9.17, 15) is 8.42 Å². The summed E-state index contributed by atoms with van der Waals surface area (Å²) in [5.41, 5.74) is 4.79. The fraction of sp³-hybridized carbons (Fsp3) is 0.304. The van der Waals surface area contributed by atoms with Gasteiger partial charge in [0.25, 0.3) is 0 Å². The van der Waals surface area contributed by atoms with Crippen molar-refractivity contribution in [2.24, 2.45) is 0 Å². The number of hydrogen-bond donors (Lipinski definition) is 0. The number of hydrogen-bond acceptors (Lipinski definition) is 5. The summed E-state index contributed by atoms with van der Waals surface area (Å²) in [6, 6.07) is 17.6. The molecule has 2 heterocycles. The molecule has 0 bridgehead atoms. The molecule has 0 amide bonds. The van der Waals surface area contributed by atoms with E-state index in [0.717, 1.165) is 33.8 Å². The van der Waals surface area contributed by atoms with Crippen LogP contribution in [-0.2, 0) is 10.0 Å². The SMILES string of the molecule is Cc1ccc(C)c(S(=O)(=O)N2CCN(c3ccc(-c4ccccc4C)nn3)CC2)c1. The van der Waals surface area contributed by atoms with Crippen molar-refractivity contribution in [1.29, 1.82) is 0 Å². The number of benzene rings is 2. The van der Waals surface area contributed by atoms with Gasteiger partial charge in [-0.2, -0.15) is 4.31 Å². The lowest BCUT2D eigenvalue weighted by Gasteiger charge is -2.34. The third kappa shape index (κ3) is 3.95. The van der Waals surface area contributed by atoms with Crippen LogP contribution in [0, 0.1) is 20.8 Å². The Labute approximate surface area is 178 Å². The van der Waals surface area contributed by atoms with Crippen LogP contribution in [0.25, 0.3) is 11.3 Å². The molecule has 0 spiro atoms. The molecule has 4 rings (SSSR count). The van der Waals surface area contributed by atoms with Gasteiger partial charge in [0.2, 0.25) is 10.0 Å². The van der Waals surface area contributed by atoms with Crippen molar-refractivity contribution in [1.82, 2.24) is 14.5 Å². The fourth-order valence-electron chi connectivity index (χ4n) is 3.78. The van der Waals surface area contributed by atoms with Crippen molar-refractivity contribution in [3.8, 4) is 11.3 Å². The van der Waals surface area contributed by atoms with Crippen LogP contribution in [0.3, 0.4) is 0 Å². The monoisotopic (exact) mass is 422 g/mol. The molecule has 1 saturated heterocycles. The molecule has 6 nitrogen and oxygen atoms in total. The Morgan fingerprint density at radius 3 is 2.20 bits per heavy atom. The van der Waals surface area contributed by atoms with Gasteiger partial charge in [-0.1, -0.05) is 36.4 Å². The van der Waals surface area contributed by atoms with Gasteiger partial charge in [0.1, 0.15) is 0 Å². The van der Waals surface area contributed by atoms with E-state index in [-0.39, 0.29) is 0 Å². The molecule has 2 aromatic carbocycles. The van der Waals surface area contributed by atoms with E-state index >= 15 is 0 Å². The minimum absolute atomic E-state index is 0.401. The molecule has 0 atom stereocenters. The Balaban J connectivity index is 1.47. The summed E-state index contributed by atoms with van der Waals surface area (Å²) in [7, 11) is -3.50. The fourth-order valence-corrected chi connectivity index (χ4v) is 5.51. The van der Waals surface area contributed by atoms with E-state index in [2.05, 4.69) is 28.1 Å². The van der Waals surface area contributed by atoms with Crippen molar-refractivity contribution in [2.75, 3.05) is 31.1 Å². The molecular formula is C23H26N4O2S. The van der Waals surface area contributed by atoms with Crippen LogP contribution in [-0.4, -0.2) is 49.1 Å². The Kier molecular flexibility index (Phi) is 5.58. The van der Waals surface area contributed by atoms with E-state index < -0.39 is 10.0 Å². The molecule has 0 aliphatic carbocycles. The number of rotatable bonds is 4. The van der Waals surface area contributed by atoms with Crippen molar-refractivity contribution in [3.63, 3.8) is 0 Å². The van der Waals surface area contributed by atoms with Crippen molar-refractivity contribution < 1.29 is 8.42 Å². The molecular weight excluding hydrogens is 396 g/mol. The molecule has 0 radical (unpaired) electrons. The maximum atomic E-state index is 13.1.